The van der Waals surface area contributed by atoms with Gasteiger partial charge in [0.05, 0.1) is 6.26 Å². The summed E-state index contributed by atoms with van der Waals surface area (Å²) in [4.78, 5) is 11.0. The normalized spacial score (nSPS) is 10.6. The van der Waals surface area contributed by atoms with Gasteiger partial charge in [0, 0.05) is 30.1 Å². The second kappa shape index (κ2) is 6.41. The lowest BCUT2D eigenvalue weighted by molar-refractivity contribution is 0.100. The molecule has 5 heteroatoms. The highest BCUT2D eigenvalue weighted by Gasteiger charge is 2.05. The zero-order chi connectivity index (χ0) is 13.7. The van der Waals surface area contributed by atoms with Gasteiger partial charge in [0.1, 0.15) is 5.76 Å². The molecule has 0 aliphatic rings. The smallest absolute Gasteiger partial charge is 0.248 e. The molecule has 2 rings (SSSR count). The van der Waals surface area contributed by atoms with Crippen LogP contribution in [-0.2, 0) is 13.0 Å². The second-order valence-corrected chi connectivity index (χ2v) is 4.58. The van der Waals surface area contributed by atoms with Crippen molar-refractivity contribution in [3.05, 3.63) is 58.5 Å². The van der Waals surface area contributed by atoms with Crippen molar-refractivity contribution in [2.75, 3.05) is 6.54 Å². The Hall–Kier alpha value is -1.78. The average molecular weight is 279 g/mol. The van der Waals surface area contributed by atoms with Crippen molar-refractivity contribution in [3.63, 3.8) is 0 Å². The summed E-state index contributed by atoms with van der Waals surface area (Å²) in [6.07, 6.45) is 2.48. The molecule has 1 heterocycles. The Morgan fingerprint density at radius 3 is 2.84 bits per heavy atom. The van der Waals surface area contributed by atoms with Crippen LogP contribution in [0.4, 0.5) is 0 Å². The van der Waals surface area contributed by atoms with Crippen LogP contribution in [0.15, 0.2) is 41.0 Å². The molecule has 0 aliphatic heterocycles. The first kappa shape index (κ1) is 13.6. The van der Waals surface area contributed by atoms with E-state index in [2.05, 4.69) is 5.32 Å². The van der Waals surface area contributed by atoms with Crippen molar-refractivity contribution >= 4 is 17.5 Å². The van der Waals surface area contributed by atoms with Crippen LogP contribution < -0.4 is 11.1 Å². The van der Waals surface area contributed by atoms with Crippen LogP contribution in [0, 0.1) is 0 Å². The molecule has 0 fully saturated rings. The van der Waals surface area contributed by atoms with Gasteiger partial charge in [0.2, 0.25) is 5.91 Å². The maximum absolute atomic E-state index is 11.0. The summed E-state index contributed by atoms with van der Waals surface area (Å²) in [6, 6.07) is 8.89. The lowest BCUT2D eigenvalue weighted by atomic mass is 10.1. The third kappa shape index (κ3) is 3.84. The number of hydrogen-bond donors (Lipinski definition) is 2. The molecule has 19 heavy (non-hydrogen) atoms. The molecular formula is C14H15ClN2O2. The maximum Gasteiger partial charge on any atom is 0.248 e. The maximum atomic E-state index is 11.0. The molecule has 0 unspecified atom stereocenters. The second-order valence-electron chi connectivity index (χ2n) is 4.18. The fraction of sp³-hybridized carbons (Fsp3) is 0.214. The van der Waals surface area contributed by atoms with Crippen molar-refractivity contribution < 1.29 is 9.21 Å². The molecule has 4 nitrogen and oxygen atoms in total. The SMILES string of the molecule is NC(=O)c1ccc(CNCCc2ccco2)c(Cl)c1. The topological polar surface area (TPSA) is 68.3 Å². The Balaban J connectivity index is 1.84. The van der Waals surface area contributed by atoms with E-state index >= 15 is 0 Å². The van der Waals surface area contributed by atoms with Gasteiger partial charge in [-0.2, -0.15) is 0 Å². The van der Waals surface area contributed by atoms with E-state index in [1.165, 1.54) is 0 Å². The van der Waals surface area contributed by atoms with Gasteiger partial charge in [0.25, 0.3) is 0 Å². The molecule has 0 aliphatic carbocycles. The van der Waals surface area contributed by atoms with Crippen LogP contribution in [0.1, 0.15) is 21.7 Å². The van der Waals surface area contributed by atoms with E-state index in [4.69, 9.17) is 21.8 Å². The van der Waals surface area contributed by atoms with Gasteiger partial charge >= 0.3 is 0 Å². The lowest BCUT2D eigenvalue weighted by Crippen LogP contribution is -2.17. The largest absolute Gasteiger partial charge is 0.469 e. The molecule has 1 aromatic heterocycles. The summed E-state index contributed by atoms with van der Waals surface area (Å²) in [6.45, 7) is 1.43. The van der Waals surface area contributed by atoms with Gasteiger partial charge in [0.15, 0.2) is 0 Å². The number of rotatable bonds is 6. The molecule has 1 amide bonds. The predicted octanol–water partition coefficient (Wildman–Crippen LogP) is 2.36. The van der Waals surface area contributed by atoms with Crippen LogP contribution in [0.5, 0.6) is 0 Å². The van der Waals surface area contributed by atoms with Crippen LogP contribution in [0.25, 0.3) is 0 Å². The lowest BCUT2D eigenvalue weighted by Gasteiger charge is -2.07. The van der Waals surface area contributed by atoms with Crippen LogP contribution in [-0.4, -0.2) is 12.5 Å². The number of nitrogens with one attached hydrogen (secondary N) is 1. The number of halogens is 1. The Morgan fingerprint density at radius 1 is 1.37 bits per heavy atom. The molecule has 3 N–H and O–H groups in total. The highest BCUT2D eigenvalue weighted by molar-refractivity contribution is 6.31. The van der Waals surface area contributed by atoms with Gasteiger partial charge < -0.3 is 15.5 Å². The van der Waals surface area contributed by atoms with E-state index in [9.17, 15) is 4.79 Å². The summed E-state index contributed by atoms with van der Waals surface area (Å²) in [7, 11) is 0. The Kier molecular flexibility index (Phi) is 4.60. The molecule has 100 valence electrons. The van der Waals surface area contributed by atoms with E-state index in [-0.39, 0.29) is 0 Å². The fourth-order valence-corrected chi connectivity index (χ4v) is 1.98. The van der Waals surface area contributed by atoms with Crippen molar-refractivity contribution in [2.24, 2.45) is 5.73 Å². The number of nitrogens with two attached hydrogens (primary N) is 1. The number of benzene rings is 1. The van der Waals surface area contributed by atoms with Gasteiger partial charge in [-0.05, 0) is 29.8 Å². The third-order valence-electron chi connectivity index (χ3n) is 2.78. The standard InChI is InChI=1S/C14H15ClN2O2/c15-13-8-10(14(16)18)3-4-11(13)9-17-6-5-12-2-1-7-19-12/h1-4,7-8,17H,5-6,9H2,(H2,16,18). The molecule has 0 saturated carbocycles. The Labute approximate surface area is 116 Å². The molecule has 0 atom stereocenters. The number of amides is 1. The summed E-state index contributed by atoms with van der Waals surface area (Å²) in [5.41, 5.74) is 6.54. The fourth-order valence-electron chi connectivity index (χ4n) is 1.73. The number of carbonyl (C=O) groups is 1. The Bertz CT molecular complexity index is 553. The predicted molar refractivity (Wildman–Crippen MR) is 74.1 cm³/mol. The van der Waals surface area contributed by atoms with Gasteiger partial charge in [-0.25, -0.2) is 0 Å². The Morgan fingerprint density at radius 2 is 2.21 bits per heavy atom. The monoisotopic (exact) mass is 278 g/mol. The minimum atomic E-state index is -0.473. The molecule has 0 bridgehead atoms. The van der Waals surface area contributed by atoms with Crippen molar-refractivity contribution in [3.8, 4) is 0 Å². The van der Waals surface area contributed by atoms with Crippen LogP contribution >= 0.6 is 11.6 Å². The van der Waals surface area contributed by atoms with Crippen molar-refractivity contribution in [1.29, 1.82) is 0 Å². The summed E-state index contributed by atoms with van der Waals surface area (Å²) in [5, 5.41) is 3.81. The minimum absolute atomic E-state index is 0.421. The van der Waals surface area contributed by atoms with Gasteiger partial charge in [-0.3, -0.25) is 4.79 Å². The molecule has 0 radical (unpaired) electrons. The van der Waals surface area contributed by atoms with E-state index in [0.29, 0.717) is 17.1 Å². The molecule has 2 aromatic rings. The summed E-state index contributed by atoms with van der Waals surface area (Å²) < 4.78 is 5.23. The molecule has 0 spiro atoms. The number of carbonyl (C=O) groups excluding carboxylic acids is 1. The third-order valence-corrected chi connectivity index (χ3v) is 3.13. The van der Waals surface area contributed by atoms with Crippen LogP contribution in [0.3, 0.4) is 0 Å². The highest BCUT2D eigenvalue weighted by Crippen LogP contribution is 2.17. The summed E-state index contributed by atoms with van der Waals surface area (Å²) >= 11 is 6.09. The quantitative estimate of drug-likeness (QED) is 0.797. The number of primary amides is 1. The number of furan rings is 1. The van der Waals surface area contributed by atoms with Crippen molar-refractivity contribution in [1.82, 2.24) is 5.32 Å². The summed E-state index contributed by atoms with van der Waals surface area (Å²) in [5.74, 6) is 0.474. The molecular weight excluding hydrogens is 264 g/mol. The molecule has 1 aromatic carbocycles. The van der Waals surface area contributed by atoms with Gasteiger partial charge in [-0.1, -0.05) is 17.7 Å². The minimum Gasteiger partial charge on any atom is -0.469 e. The van der Waals surface area contributed by atoms with E-state index in [1.807, 2.05) is 18.2 Å². The van der Waals surface area contributed by atoms with Crippen LogP contribution in [0.2, 0.25) is 5.02 Å². The average Bonchev–Trinajstić information content (AvgIpc) is 2.89. The van der Waals surface area contributed by atoms with Gasteiger partial charge in [-0.15, -0.1) is 0 Å². The first-order valence-electron chi connectivity index (χ1n) is 5.98. The highest BCUT2D eigenvalue weighted by atomic mass is 35.5. The number of hydrogen-bond acceptors (Lipinski definition) is 3. The first-order valence-corrected chi connectivity index (χ1v) is 6.36. The molecule has 0 saturated heterocycles. The first-order chi connectivity index (χ1) is 9.16. The zero-order valence-corrected chi connectivity index (χ0v) is 11.1. The zero-order valence-electron chi connectivity index (χ0n) is 10.4. The van der Waals surface area contributed by atoms with E-state index in [1.54, 1.807) is 18.4 Å². The van der Waals surface area contributed by atoms with E-state index < -0.39 is 5.91 Å². The van der Waals surface area contributed by atoms with E-state index in [0.717, 1.165) is 24.3 Å². The van der Waals surface area contributed by atoms with Crippen molar-refractivity contribution in [2.45, 2.75) is 13.0 Å².